The highest BCUT2D eigenvalue weighted by molar-refractivity contribution is 7.89. The van der Waals surface area contributed by atoms with Crippen molar-refractivity contribution < 1.29 is 22.7 Å². The molecule has 2 rings (SSSR count). The quantitative estimate of drug-likeness (QED) is 0.788. The molecule has 0 aromatic heterocycles. The van der Waals surface area contributed by atoms with Crippen molar-refractivity contribution in [3.63, 3.8) is 0 Å². The summed E-state index contributed by atoms with van der Waals surface area (Å²) in [5.74, 6) is 0.313. The lowest BCUT2D eigenvalue weighted by Gasteiger charge is -2.08. The van der Waals surface area contributed by atoms with Crippen LogP contribution >= 0.6 is 0 Å². The molecule has 110 valence electrons. The van der Waals surface area contributed by atoms with Crippen LogP contribution in [0.3, 0.4) is 0 Å². The number of hydrogen-bond donors (Lipinski definition) is 1. The summed E-state index contributed by atoms with van der Waals surface area (Å²) in [7, 11) is -3.61. The minimum absolute atomic E-state index is 0.0150. The van der Waals surface area contributed by atoms with Gasteiger partial charge in [0.05, 0.1) is 24.5 Å². The Morgan fingerprint density at radius 1 is 1.45 bits per heavy atom. The number of hydrogen-bond acceptors (Lipinski definition) is 5. The van der Waals surface area contributed by atoms with Crippen LogP contribution in [0, 0.1) is 0 Å². The molecule has 0 amide bonds. The van der Waals surface area contributed by atoms with Crippen LogP contribution in [0.4, 0.5) is 0 Å². The van der Waals surface area contributed by atoms with Gasteiger partial charge >= 0.3 is 5.97 Å². The average Bonchev–Trinajstić information content (AvgIpc) is 2.86. The number of fused-ring (bicyclic) bond motifs is 1. The van der Waals surface area contributed by atoms with E-state index in [-0.39, 0.29) is 24.5 Å². The Morgan fingerprint density at radius 2 is 2.25 bits per heavy atom. The number of carbonyl (C=O) groups excluding carboxylic acids is 1. The van der Waals surface area contributed by atoms with Crippen LogP contribution < -0.4 is 9.46 Å². The highest BCUT2D eigenvalue weighted by Gasteiger charge is 2.19. The predicted molar refractivity (Wildman–Crippen MR) is 72.1 cm³/mol. The van der Waals surface area contributed by atoms with Crippen molar-refractivity contribution in [3.8, 4) is 5.75 Å². The Labute approximate surface area is 118 Å². The molecule has 0 unspecified atom stereocenters. The molecule has 0 atom stereocenters. The minimum Gasteiger partial charge on any atom is -0.493 e. The van der Waals surface area contributed by atoms with Crippen molar-refractivity contribution in [2.45, 2.75) is 24.7 Å². The third-order valence-corrected chi connectivity index (χ3v) is 4.36. The zero-order chi connectivity index (χ0) is 14.6. The fraction of sp³-hybridized carbons (Fsp3) is 0.462. The molecule has 0 bridgehead atoms. The molecule has 1 aromatic rings. The van der Waals surface area contributed by atoms with Crippen LogP contribution in [0.5, 0.6) is 5.75 Å². The Morgan fingerprint density at radius 3 is 3.00 bits per heavy atom. The lowest BCUT2D eigenvalue weighted by atomic mass is 10.2. The lowest BCUT2D eigenvalue weighted by molar-refractivity contribution is -0.142. The molecule has 1 N–H and O–H groups in total. The van der Waals surface area contributed by atoms with Gasteiger partial charge in [-0.3, -0.25) is 4.79 Å². The second kappa shape index (κ2) is 6.23. The molecule has 1 aliphatic rings. The van der Waals surface area contributed by atoms with Gasteiger partial charge in [-0.1, -0.05) is 0 Å². The van der Waals surface area contributed by atoms with Crippen molar-refractivity contribution >= 4 is 16.0 Å². The van der Waals surface area contributed by atoms with Crippen LogP contribution in [0.15, 0.2) is 23.1 Å². The fourth-order valence-corrected chi connectivity index (χ4v) is 3.02. The fourth-order valence-electron chi connectivity index (χ4n) is 1.93. The number of benzene rings is 1. The van der Waals surface area contributed by atoms with E-state index in [1.54, 1.807) is 19.1 Å². The van der Waals surface area contributed by atoms with Gasteiger partial charge in [-0.15, -0.1) is 0 Å². The minimum atomic E-state index is -3.61. The second-order valence-corrected chi connectivity index (χ2v) is 6.09. The normalized spacial score (nSPS) is 13.7. The Hall–Kier alpha value is -1.60. The molecule has 0 saturated carbocycles. The van der Waals surface area contributed by atoms with Gasteiger partial charge < -0.3 is 9.47 Å². The van der Waals surface area contributed by atoms with Gasteiger partial charge in [-0.25, -0.2) is 13.1 Å². The highest BCUT2D eigenvalue weighted by atomic mass is 32.2. The first-order chi connectivity index (χ1) is 9.53. The molecule has 0 radical (unpaired) electrons. The summed E-state index contributed by atoms with van der Waals surface area (Å²) in [6.07, 6.45) is 0.725. The molecule has 1 aliphatic heterocycles. The van der Waals surface area contributed by atoms with Gasteiger partial charge in [0, 0.05) is 13.0 Å². The smallest absolute Gasteiger partial charge is 0.307 e. The number of sulfonamides is 1. The van der Waals surface area contributed by atoms with Gasteiger partial charge in [-0.2, -0.15) is 0 Å². The molecule has 1 aromatic carbocycles. The summed E-state index contributed by atoms with van der Waals surface area (Å²) in [4.78, 5) is 11.3. The number of ether oxygens (including phenoxy) is 2. The number of carbonyl (C=O) groups is 1. The highest BCUT2D eigenvalue weighted by Crippen LogP contribution is 2.27. The summed E-state index contributed by atoms with van der Waals surface area (Å²) in [6.45, 7) is 2.59. The third kappa shape index (κ3) is 3.49. The summed E-state index contributed by atoms with van der Waals surface area (Å²) < 4.78 is 36.6. The summed E-state index contributed by atoms with van der Waals surface area (Å²) in [6, 6.07) is 4.76. The Bertz CT molecular complexity index is 597. The molecule has 0 aliphatic carbocycles. The summed E-state index contributed by atoms with van der Waals surface area (Å²) in [5.41, 5.74) is 0.887. The van der Waals surface area contributed by atoms with E-state index in [0.717, 1.165) is 11.3 Å². The van der Waals surface area contributed by atoms with E-state index < -0.39 is 16.0 Å². The molecule has 1 heterocycles. The van der Waals surface area contributed by atoms with Crippen molar-refractivity contribution in [2.75, 3.05) is 19.8 Å². The average molecular weight is 299 g/mol. The van der Waals surface area contributed by atoms with Gasteiger partial charge in [0.2, 0.25) is 10.0 Å². The third-order valence-electron chi connectivity index (χ3n) is 2.90. The largest absolute Gasteiger partial charge is 0.493 e. The van der Waals surface area contributed by atoms with Crippen LogP contribution in [0.1, 0.15) is 18.9 Å². The Kier molecular flexibility index (Phi) is 4.61. The second-order valence-electron chi connectivity index (χ2n) is 4.32. The van der Waals surface area contributed by atoms with Crippen molar-refractivity contribution in [1.82, 2.24) is 4.72 Å². The lowest BCUT2D eigenvalue weighted by Crippen LogP contribution is -2.26. The van der Waals surface area contributed by atoms with Gasteiger partial charge in [0.25, 0.3) is 0 Å². The molecule has 0 fully saturated rings. The van der Waals surface area contributed by atoms with Crippen molar-refractivity contribution in [1.29, 1.82) is 0 Å². The molecule has 0 saturated heterocycles. The maximum absolute atomic E-state index is 12.1. The number of esters is 1. The van der Waals surface area contributed by atoms with E-state index in [1.165, 1.54) is 6.07 Å². The standard InChI is InChI=1S/C13H17NO5S/c1-2-18-13(15)5-7-14-20(16,17)11-3-4-12-10(9-11)6-8-19-12/h3-4,9,14H,2,5-8H2,1H3. The van der Waals surface area contributed by atoms with E-state index >= 15 is 0 Å². The number of nitrogens with one attached hydrogen (secondary N) is 1. The predicted octanol–water partition coefficient (Wildman–Crippen LogP) is 0.853. The summed E-state index contributed by atoms with van der Waals surface area (Å²) >= 11 is 0. The Balaban J connectivity index is 1.98. The maximum atomic E-state index is 12.1. The topological polar surface area (TPSA) is 81.7 Å². The van der Waals surface area contributed by atoms with E-state index in [2.05, 4.69) is 4.72 Å². The number of rotatable bonds is 6. The first-order valence-corrected chi connectivity index (χ1v) is 7.92. The molecular formula is C13H17NO5S. The SMILES string of the molecule is CCOC(=O)CCNS(=O)(=O)c1ccc2c(c1)CCO2. The zero-order valence-corrected chi connectivity index (χ0v) is 12.0. The molecule has 0 spiro atoms. The van der Waals surface area contributed by atoms with E-state index in [9.17, 15) is 13.2 Å². The zero-order valence-electron chi connectivity index (χ0n) is 11.2. The van der Waals surface area contributed by atoms with Gasteiger partial charge in [0.1, 0.15) is 5.75 Å². The molecule has 7 heteroatoms. The van der Waals surface area contributed by atoms with Gasteiger partial charge in [-0.05, 0) is 30.7 Å². The molecule has 20 heavy (non-hydrogen) atoms. The first-order valence-electron chi connectivity index (χ1n) is 6.44. The van der Waals surface area contributed by atoms with E-state index in [4.69, 9.17) is 9.47 Å². The first kappa shape index (κ1) is 14.8. The van der Waals surface area contributed by atoms with Crippen LogP contribution in [-0.4, -0.2) is 34.1 Å². The summed E-state index contributed by atoms with van der Waals surface area (Å²) in [5, 5.41) is 0. The monoisotopic (exact) mass is 299 g/mol. The van der Waals surface area contributed by atoms with Gasteiger partial charge in [0.15, 0.2) is 0 Å². The van der Waals surface area contributed by atoms with E-state index in [1.807, 2.05) is 0 Å². The van der Waals surface area contributed by atoms with Crippen molar-refractivity contribution in [2.24, 2.45) is 0 Å². The van der Waals surface area contributed by atoms with Crippen LogP contribution in [0.25, 0.3) is 0 Å². The molecular weight excluding hydrogens is 282 g/mol. The van der Waals surface area contributed by atoms with Crippen LogP contribution in [-0.2, 0) is 26.0 Å². The maximum Gasteiger partial charge on any atom is 0.307 e. The van der Waals surface area contributed by atoms with Crippen molar-refractivity contribution in [3.05, 3.63) is 23.8 Å². The van der Waals surface area contributed by atoms with Crippen LogP contribution in [0.2, 0.25) is 0 Å². The van der Waals surface area contributed by atoms with E-state index in [0.29, 0.717) is 13.0 Å². The molecule has 6 nitrogen and oxygen atoms in total.